The molecule has 1 amide bonds. The summed E-state index contributed by atoms with van der Waals surface area (Å²) in [7, 11) is 6.05. The van der Waals surface area contributed by atoms with E-state index in [0.29, 0.717) is 22.9 Å². The van der Waals surface area contributed by atoms with Gasteiger partial charge in [0.15, 0.2) is 11.5 Å². The van der Waals surface area contributed by atoms with Crippen LogP contribution in [-0.2, 0) is 14.4 Å². The third-order valence-electron chi connectivity index (χ3n) is 5.09. The first kappa shape index (κ1) is 25.0. The molecular weight excluding hydrogens is 460 g/mol. The number of carboxylic acids is 1. The molecule has 0 aliphatic heterocycles. The first-order chi connectivity index (χ1) is 16.4. The summed E-state index contributed by atoms with van der Waals surface area (Å²) in [5, 5.41) is 11.9. The molecule has 34 heavy (non-hydrogen) atoms. The van der Waals surface area contributed by atoms with E-state index in [9.17, 15) is 9.59 Å². The summed E-state index contributed by atoms with van der Waals surface area (Å²) in [5.41, 5.74) is 3.72. The molecule has 0 saturated heterocycles. The van der Waals surface area contributed by atoms with Crippen LogP contribution in [-0.4, -0.2) is 49.8 Å². The zero-order chi connectivity index (χ0) is 24.7. The standard InChI is InChI=1S/C24H26N2O7S/c1-30-19-12-16(13-20(31-2)24(19)32-3)23-18(14-34-25-23)15-7-5-8-17(11-15)26(33-4)21(27)9-6-10-22(28)29/h5,7-8,11-14H,6,9-10H2,1-4H3,(H,28,29). The Morgan fingerprint density at radius 1 is 0.971 bits per heavy atom. The summed E-state index contributed by atoms with van der Waals surface area (Å²) >= 11 is 1.30. The van der Waals surface area contributed by atoms with E-state index in [1.54, 1.807) is 27.4 Å². The maximum absolute atomic E-state index is 12.6. The van der Waals surface area contributed by atoms with Gasteiger partial charge in [-0.25, -0.2) is 0 Å². The lowest BCUT2D eigenvalue weighted by atomic mass is 10.0. The molecule has 3 rings (SSSR count). The first-order valence-electron chi connectivity index (χ1n) is 10.4. The molecule has 0 bridgehead atoms. The number of methoxy groups -OCH3 is 3. The van der Waals surface area contributed by atoms with E-state index >= 15 is 0 Å². The first-order valence-corrected chi connectivity index (χ1v) is 11.2. The van der Waals surface area contributed by atoms with Gasteiger partial charge < -0.3 is 19.3 Å². The van der Waals surface area contributed by atoms with Crippen molar-refractivity contribution in [3.8, 4) is 39.6 Å². The number of hydroxylamine groups is 1. The van der Waals surface area contributed by atoms with Crippen molar-refractivity contribution in [2.24, 2.45) is 0 Å². The van der Waals surface area contributed by atoms with Crippen LogP contribution in [0.5, 0.6) is 17.2 Å². The lowest BCUT2D eigenvalue weighted by Gasteiger charge is -2.20. The Bertz CT molecular complexity index is 1140. The van der Waals surface area contributed by atoms with Crippen LogP contribution in [0.2, 0.25) is 0 Å². The number of rotatable bonds is 11. The molecule has 0 radical (unpaired) electrons. The molecule has 0 atom stereocenters. The highest BCUT2D eigenvalue weighted by molar-refractivity contribution is 7.04. The van der Waals surface area contributed by atoms with Crippen LogP contribution in [0.25, 0.3) is 22.4 Å². The van der Waals surface area contributed by atoms with E-state index in [0.717, 1.165) is 22.4 Å². The Labute approximate surface area is 201 Å². The average molecular weight is 487 g/mol. The molecule has 2 aromatic carbocycles. The fraction of sp³-hybridized carbons (Fsp3) is 0.292. The Hall–Kier alpha value is -3.63. The van der Waals surface area contributed by atoms with Gasteiger partial charge in [-0.05, 0) is 47.8 Å². The molecule has 1 N–H and O–H groups in total. The minimum atomic E-state index is -0.942. The van der Waals surface area contributed by atoms with Gasteiger partial charge in [-0.2, -0.15) is 9.44 Å². The van der Waals surface area contributed by atoms with Crippen LogP contribution in [0.4, 0.5) is 5.69 Å². The maximum Gasteiger partial charge on any atom is 0.303 e. The van der Waals surface area contributed by atoms with Gasteiger partial charge in [0, 0.05) is 29.3 Å². The molecule has 0 spiro atoms. The summed E-state index contributed by atoms with van der Waals surface area (Å²) in [6, 6.07) is 11.0. The highest BCUT2D eigenvalue weighted by atomic mass is 32.1. The number of ether oxygens (including phenoxy) is 3. The number of anilines is 1. The van der Waals surface area contributed by atoms with Crippen LogP contribution < -0.4 is 19.3 Å². The Morgan fingerprint density at radius 2 is 1.68 bits per heavy atom. The second-order valence-electron chi connectivity index (χ2n) is 7.16. The topological polar surface area (TPSA) is 107 Å². The number of carbonyl (C=O) groups excluding carboxylic acids is 1. The fourth-order valence-electron chi connectivity index (χ4n) is 3.51. The van der Waals surface area contributed by atoms with Crippen molar-refractivity contribution >= 4 is 29.1 Å². The van der Waals surface area contributed by atoms with Gasteiger partial charge in [-0.1, -0.05) is 12.1 Å². The molecular formula is C24H26N2O7S. The van der Waals surface area contributed by atoms with E-state index in [2.05, 4.69) is 4.37 Å². The molecule has 1 aromatic heterocycles. The Balaban J connectivity index is 1.96. The second-order valence-corrected chi connectivity index (χ2v) is 7.79. The molecule has 3 aromatic rings. The zero-order valence-corrected chi connectivity index (χ0v) is 20.2. The molecule has 0 fully saturated rings. The van der Waals surface area contributed by atoms with Crippen molar-refractivity contribution < 1.29 is 33.7 Å². The van der Waals surface area contributed by atoms with Crippen LogP contribution in [0.3, 0.4) is 0 Å². The van der Waals surface area contributed by atoms with Gasteiger partial charge >= 0.3 is 5.97 Å². The number of nitrogens with zero attached hydrogens (tertiary/aromatic N) is 2. The number of benzene rings is 2. The number of hydrogen-bond donors (Lipinski definition) is 1. The Morgan fingerprint density at radius 3 is 2.26 bits per heavy atom. The highest BCUT2D eigenvalue weighted by Gasteiger charge is 2.20. The van der Waals surface area contributed by atoms with Gasteiger partial charge in [0.25, 0.3) is 5.91 Å². The Kier molecular flexibility index (Phi) is 8.44. The summed E-state index contributed by atoms with van der Waals surface area (Å²) in [6.07, 6.45) is 0.205. The highest BCUT2D eigenvalue weighted by Crippen LogP contribution is 2.43. The molecule has 0 saturated carbocycles. The van der Waals surface area contributed by atoms with E-state index in [4.69, 9.17) is 24.2 Å². The van der Waals surface area contributed by atoms with Gasteiger partial charge in [-0.3, -0.25) is 14.4 Å². The monoisotopic (exact) mass is 486 g/mol. The largest absolute Gasteiger partial charge is 0.493 e. The third-order valence-corrected chi connectivity index (χ3v) is 5.72. The van der Waals surface area contributed by atoms with Gasteiger partial charge in [0.05, 0.1) is 39.8 Å². The van der Waals surface area contributed by atoms with Gasteiger partial charge in [0.2, 0.25) is 5.75 Å². The summed E-state index contributed by atoms with van der Waals surface area (Å²) in [5.74, 6) is 0.256. The number of aromatic nitrogens is 1. The summed E-state index contributed by atoms with van der Waals surface area (Å²) in [6.45, 7) is 0. The molecule has 180 valence electrons. The van der Waals surface area contributed by atoms with Crippen molar-refractivity contribution in [3.05, 3.63) is 41.8 Å². The predicted molar refractivity (Wildman–Crippen MR) is 129 cm³/mol. The lowest BCUT2D eigenvalue weighted by Crippen LogP contribution is -2.29. The van der Waals surface area contributed by atoms with Crippen molar-refractivity contribution in [3.63, 3.8) is 0 Å². The number of aliphatic carboxylic acids is 1. The van der Waals surface area contributed by atoms with Crippen molar-refractivity contribution in [2.75, 3.05) is 33.5 Å². The molecule has 10 heteroatoms. The minimum absolute atomic E-state index is 0.0566. The van der Waals surface area contributed by atoms with E-state index in [1.165, 1.54) is 23.7 Å². The summed E-state index contributed by atoms with van der Waals surface area (Å²) < 4.78 is 20.9. The average Bonchev–Trinajstić information content (AvgIpc) is 3.33. The third kappa shape index (κ3) is 5.46. The number of carbonyl (C=O) groups is 2. The maximum atomic E-state index is 12.6. The number of amides is 1. The number of carboxylic acid groups (broad SMARTS) is 1. The van der Waals surface area contributed by atoms with Crippen LogP contribution >= 0.6 is 11.5 Å². The van der Waals surface area contributed by atoms with Crippen LogP contribution in [0, 0.1) is 0 Å². The zero-order valence-electron chi connectivity index (χ0n) is 19.4. The summed E-state index contributed by atoms with van der Waals surface area (Å²) in [4.78, 5) is 28.7. The predicted octanol–water partition coefficient (Wildman–Crippen LogP) is 4.65. The van der Waals surface area contributed by atoms with Crippen LogP contribution in [0.1, 0.15) is 19.3 Å². The van der Waals surface area contributed by atoms with Crippen LogP contribution in [0.15, 0.2) is 41.8 Å². The van der Waals surface area contributed by atoms with E-state index in [1.807, 2.05) is 35.7 Å². The molecule has 0 aliphatic rings. The van der Waals surface area contributed by atoms with E-state index < -0.39 is 5.97 Å². The normalized spacial score (nSPS) is 10.6. The molecule has 1 heterocycles. The van der Waals surface area contributed by atoms with Crippen molar-refractivity contribution in [1.82, 2.24) is 4.37 Å². The fourth-order valence-corrected chi connectivity index (χ4v) is 4.23. The van der Waals surface area contributed by atoms with Crippen molar-refractivity contribution in [2.45, 2.75) is 19.3 Å². The van der Waals surface area contributed by atoms with Gasteiger partial charge in [-0.15, -0.1) is 0 Å². The molecule has 9 nitrogen and oxygen atoms in total. The number of hydrogen-bond acceptors (Lipinski definition) is 8. The quantitative estimate of drug-likeness (QED) is 0.390. The molecule has 0 unspecified atom stereocenters. The van der Waals surface area contributed by atoms with Crippen molar-refractivity contribution in [1.29, 1.82) is 0 Å². The molecule has 0 aliphatic carbocycles. The second kappa shape index (κ2) is 11.5. The smallest absolute Gasteiger partial charge is 0.303 e. The van der Waals surface area contributed by atoms with Gasteiger partial charge in [0.1, 0.15) is 0 Å². The SMILES string of the molecule is COc1cc(-c2nscc2-c2cccc(N(OC)C(=O)CCCC(=O)O)c2)cc(OC)c1OC. The minimum Gasteiger partial charge on any atom is -0.493 e. The van der Waals surface area contributed by atoms with E-state index in [-0.39, 0.29) is 25.2 Å². The lowest BCUT2D eigenvalue weighted by molar-refractivity contribution is -0.137.